The van der Waals surface area contributed by atoms with Crippen LogP contribution < -0.4 is 10.2 Å². The summed E-state index contributed by atoms with van der Waals surface area (Å²) >= 11 is 0. The van der Waals surface area contributed by atoms with Crippen LogP contribution in [0.2, 0.25) is 0 Å². The van der Waals surface area contributed by atoms with Gasteiger partial charge in [0.2, 0.25) is 5.95 Å². The van der Waals surface area contributed by atoms with Gasteiger partial charge in [0.05, 0.1) is 17.3 Å². The van der Waals surface area contributed by atoms with Crippen LogP contribution in [0.4, 0.5) is 28.7 Å². The number of carboxylic acid groups (broad SMARTS) is 1. The normalized spacial score (nSPS) is 21.9. The zero-order valence-electron chi connectivity index (χ0n) is 27.1. The van der Waals surface area contributed by atoms with E-state index in [0.29, 0.717) is 65.1 Å². The van der Waals surface area contributed by atoms with Crippen LogP contribution >= 0.6 is 0 Å². The van der Waals surface area contributed by atoms with E-state index < -0.39 is 59.6 Å². The number of nitrogens with zero attached hydrogens (tertiary/aromatic N) is 4. The first-order valence-corrected chi connectivity index (χ1v) is 15.5. The molecule has 2 aliphatic heterocycles. The number of nitrogens with one attached hydrogen (secondary N) is 1. The topological polar surface area (TPSA) is 128 Å². The lowest BCUT2D eigenvalue weighted by Gasteiger charge is -2.24. The van der Waals surface area contributed by atoms with E-state index in [-0.39, 0.29) is 5.95 Å². The first kappa shape index (κ1) is 32.9. The molecule has 2 aromatic heterocycles. The summed E-state index contributed by atoms with van der Waals surface area (Å²) in [5.41, 5.74) is 1.91. The highest BCUT2D eigenvalue weighted by atomic mass is 19.3. The molecule has 3 atom stereocenters. The monoisotopic (exact) mass is 657 g/mol. The second-order valence-corrected chi connectivity index (χ2v) is 13.5. The Balaban J connectivity index is 1.37. The summed E-state index contributed by atoms with van der Waals surface area (Å²) in [6.45, 7) is 11.1. The molecular formula is C33H38F3N5O6. The van der Waals surface area contributed by atoms with Crippen molar-refractivity contribution >= 4 is 29.2 Å². The number of aromatic nitrogens is 3. The summed E-state index contributed by atoms with van der Waals surface area (Å²) in [6.07, 6.45) is -1.65. The number of fused-ring (bicyclic) bond motifs is 3. The van der Waals surface area contributed by atoms with Crippen molar-refractivity contribution in [2.45, 2.75) is 103 Å². The lowest BCUT2D eigenvalue weighted by Crippen LogP contribution is -2.41. The summed E-state index contributed by atoms with van der Waals surface area (Å²) in [7, 11) is 0. The summed E-state index contributed by atoms with van der Waals surface area (Å²) < 4.78 is 62.4. The molecule has 11 nitrogen and oxygen atoms in total. The molecule has 3 aromatic rings. The van der Waals surface area contributed by atoms with Crippen molar-refractivity contribution < 1.29 is 42.1 Å². The Labute approximate surface area is 269 Å². The number of benzene rings is 1. The number of carbonyl (C=O) groups is 2. The van der Waals surface area contributed by atoms with E-state index in [2.05, 4.69) is 15.3 Å². The molecule has 1 aliphatic carbocycles. The molecule has 1 aromatic carbocycles. The number of rotatable bonds is 6. The van der Waals surface area contributed by atoms with Crippen molar-refractivity contribution in [1.82, 2.24) is 19.9 Å². The number of alkyl halides is 2. The highest BCUT2D eigenvalue weighted by Gasteiger charge is 2.50. The van der Waals surface area contributed by atoms with Crippen molar-refractivity contribution in [2.75, 3.05) is 11.4 Å². The summed E-state index contributed by atoms with van der Waals surface area (Å²) in [6, 6.07) is 2.64. The van der Waals surface area contributed by atoms with Gasteiger partial charge in [0.25, 0.3) is 6.43 Å². The maximum Gasteiger partial charge on any atom is 0.427 e. The predicted molar refractivity (Wildman–Crippen MR) is 165 cm³/mol. The fraction of sp³-hybridized carbons (Fsp3) is 0.515. The van der Waals surface area contributed by atoms with E-state index in [9.17, 15) is 27.9 Å². The van der Waals surface area contributed by atoms with Gasteiger partial charge >= 0.3 is 12.2 Å². The van der Waals surface area contributed by atoms with Gasteiger partial charge in [-0.25, -0.2) is 27.7 Å². The highest BCUT2D eigenvalue weighted by molar-refractivity contribution is 6.07. The number of imide groups is 1. The van der Waals surface area contributed by atoms with Crippen LogP contribution in [-0.2, 0) is 33.6 Å². The van der Waals surface area contributed by atoms with Gasteiger partial charge in [-0.05, 0) is 102 Å². The average molecular weight is 658 g/mol. The molecule has 0 bridgehead atoms. The maximum absolute atomic E-state index is 15.0. The Morgan fingerprint density at radius 1 is 1.21 bits per heavy atom. The number of halogens is 3. The number of hydrogen-bond donors (Lipinski definition) is 2. The summed E-state index contributed by atoms with van der Waals surface area (Å²) in [4.78, 5) is 34.3. The molecule has 0 radical (unpaired) electrons. The Morgan fingerprint density at radius 2 is 1.96 bits per heavy atom. The van der Waals surface area contributed by atoms with E-state index in [0.717, 1.165) is 11.1 Å². The number of ether oxygens (including phenoxy) is 3. The van der Waals surface area contributed by atoms with Crippen molar-refractivity contribution in [1.29, 1.82) is 0 Å². The van der Waals surface area contributed by atoms with Crippen LogP contribution in [0.3, 0.4) is 0 Å². The minimum absolute atomic E-state index is 0.340. The molecule has 2 N–H and O–H groups in total. The van der Waals surface area contributed by atoms with E-state index in [1.807, 2.05) is 10.6 Å². The average Bonchev–Trinajstić information content (AvgIpc) is 3.62. The number of hydrogen-bond acceptors (Lipinski definition) is 8. The lowest BCUT2D eigenvalue weighted by atomic mass is 9.89. The van der Waals surface area contributed by atoms with Gasteiger partial charge < -0.3 is 29.2 Å². The largest absolute Gasteiger partial charge is 0.464 e. The van der Waals surface area contributed by atoms with Gasteiger partial charge in [-0.15, -0.1) is 4.90 Å². The van der Waals surface area contributed by atoms with Crippen molar-refractivity contribution in [3.8, 4) is 0 Å². The molecule has 3 aliphatic rings. The Hall–Kier alpha value is -4.01. The lowest BCUT2D eigenvalue weighted by molar-refractivity contribution is -0.147. The SMILES string of the molecule is Cc1nc(N(C(=O)O)C(=O)OC(C)(C)C)nc2c1ccn2[C@@H]1C=C(CCc2cc(C(F)F)c(F)c3c2CNCC3)[C@H]2OC(C)(C)O[C@H]21. The van der Waals surface area contributed by atoms with E-state index in [4.69, 9.17) is 14.2 Å². The van der Waals surface area contributed by atoms with Crippen LogP contribution in [0.25, 0.3) is 11.0 Å². The zero-order valence-corrected chi connectivity index (χ0v) is 27.1. The third-order valence-electron chi connectivity index (χ3n) is 8.63. The van der Waals surface area contributed by atoms with Gasteiger partial charge in [-0.1, -0.05) is 6.08 Å². The van der Waals surface area contributed by atoms with Gasteiger partial charge in [0.1, 0.15) is 29.3 Å². The van der Waals surface area contributed by atoms with Crippen molar-refractivity contribution in [2.24, 2.45) is 0 Å². The Morgan fingerprint density at radius 3 is 2.64 bits per heavy atom. The minimum atomic E-state index is -2.93. The number of amides is 2. The molecule has 0 unspecified atom stereocenters. The van der Waals surface area contributed by atoms with E-state index >= 15 is 0 Å². The highest BCUT2D eigenvalue weighted by Crippen LogP contribution is 2.46. The maximum atomic E-state index is 15.0. The van der Waals surface area contributed by atoms with Crippen LogP contribution in [0.1, 0.15) is 81.5 Å². The molecule has 4 heterocycles. The quantitative estimate of drug-likeness (QED) is 0.285. The number of carbonyl (C=O) groups excluding carboxylic acids is 1. The second-order valence-electron chi connectivity index (χ2n) is 13.5. The Kier molecular flexibility index (Phi) is 8.33. The zero-order chi connectivity index (χ0) is 34.0. The van der Waals surface area contributed by atoms with Gasteiger partial charge in [-0.3, -0.25) is 0 Å². The molecule has 1 fully saturated rings. The van der Waals surface area contributed by atoms with Crippen molar-refractivity contribution in [3.05, 3.63) is 63.7 Å². The molecule has 0 saturated carbocycles. The molecular weight excluding hydrogens is 619 g/mol. The first-order chi connectivity index (χ1) is 22.0. The molecule has 0 spiro atoms. The molecule has 1 saturated heterocycles. The third kappa shape index (κ3) is 6.21. The Bertz CT molecular complexity index is 1780. The minimum Gasteiger partial charge on any atom is -0.464 e. The molecule has 14 heteroatoms. The van der Waals surface area contributed by atoms with Crippen LogP contribution in [0, 0.1) is 12.7 Å². The van der Waals surface area contributed by atoms with E-state index in [1.54, 1.807) is 53.8 Å². The smallest absolute Gasteiger partial charge is 0.427 e. The van der Waals surface area contributed by atoms with Gasteiger partial charge in [0, 0.05) is 18.1 Å². The molecule has 252 valence electrons. The fourth-order valence-corrected chi connectivity index (χ4v) is 6.67. The van der Waals surface area contributed by atoms with Gasteiger partial charge in [0.15, 0.2) is 5.79 Å². The third-order valence-corrected chi connectivity index (χ3v) is 8.63. The number of anilines is 1. The van der Waals surface area contributed by atoms with Crippen LogP contribution in [0.15, 0.2) is 30.0 Å². The summed E-state index contributed by atoms with van der Waals surface area (Å²) in [5, 5.41) is 13.8. The predicted octanol–water partition coefficient (Wildman–Crippen LogP) is 6.52. The van der Waals surface area contributed by atoms with E-state index in [1.165, 1.54) is 6.07 Å². The first-order valence-electron chi connectivity index (χ1n) is 15.5. The molecule has 2 amide bonds. The van der Waals surface area contributed by atoms with Crippen molar-refractivity contribution in [3.63, 3.8) is 0 Å². The second kappa shape index (κ2) is 11.9. The fourth-order valence-electron chi connectivity index (χ4n) is 6.67. The molecule has 6 rings (SSSR count). The van der Waals surface area contributed by atoms with Crippen LogP contribution in [0.5, 0.6) is 0 Å². The summed E-state index contributed by atoms with van der Waals surface area (Å²) in [5.74, 6) is -2.10. The van der Waals surface area contributed by atoms with Crippen LogP contribution in [-0.4, -0.2) is 62.0 Å². The van der Waals surface area contributed by atoms with Gasteiger partial charge in [-0.2, -0.15) is 4.98 Å². The molecule has 47 heavy (non-hydrogen) atoms. The standard InChI is InChI=1S/C33H38F3N5O6/c1-16-19-10-12-40(28(19)39-29(38-16)41(30(42)43)31(44)47-32(2,3)4)23-14-18(25-26(23)46-33(5,6)45-25)8-7-17-13-21(27(35)36)24(34)20-9-11-37-15-22(17)20/h10,12-14,23,25-27,37H,7-9,11,15H2,1-6H3,(H,42,43)/t23-,25-,26+/m1/s1. The number of aryl methyl sites for hydroxylation is 2.